The van der Waals surface area contributed by atoms with Gasteiger partial charge in [0, 0.05) is 11.4 Å². The number of Topliss-reactive ketones (excluding diaryl/α,β-unsaturated/α-hetero) is 1. The van der Waals surface area contributed by atoms with Gasteiger partial charge in [-0.2, -0.15) is 0 Å². The van der Waals surface area contributed by atoms with E-state index in [1.807, 2.05) is 0 Å². The summed E-state index contributed by atoms with van der Waals surface area (Å²) in [6.45, 7) is 0. The highest BCUT2D eigenvalue weighted by atomic mass is 35.5. The molecule has 0 heterocycles. The summed E-state index contributed by atoms with van der Waals surface area (Å²) in [4.78, 5) is 12.5. The Kier molecular flexibility index (Phi) is 3.53. The van der Waals surface area contributed by atoms with Gasteiger partial charge in [-0.3, -0.25) is 4.79 Å². The van der Waals surface area contributed by atoms with Gasteiger partial charge in [-0.05, 0) is 55.2 Å². The molecular weight excluding hydrogens is 260 g/mol. The summed E-state index contributed by atoms with van der Waals surface area (Å²) in [5, 5.41) is 0.595. The van der Waals surface area contributed by atoms with E-state index in [-0.39, 0.29) is 5.78 Å². The summed E-state index contributed by atoms with van der Waals surface area (Å²) in [6.07, 6.45) is 5.91. The third-order valence-corrected chi connectivity index (χ3v) is 5.03. The zero-order valence-corrected chi connectivity index (χ0v) is 12.0. The molecule has 0 amide bonds. The van der Waals surface area contributed by atoms with Gasteiger partial charge in [0.15, 0.2) is 5.78 Å². The van der Waals surface area contributed by atoms with Crippen molar-refractivity contribution in [2.24, 2.45) is 17.8 Å². The molecule has 0 N–H and O–H groups in total. The van der Waals surface area contributed by atoms with Crippen LogP contribution in [0.15, 0.2) is 18.2 Å². The maximum Gasteiger partial charge on any atom is 0.166 e. The SMILES string of the molecule is COc1ccc(Cl)cc1C(=O)CC1CC2CCC1C2. The fourth-order valence-electron chi connectivity index (χ4n) is 3.87. The molecule has 102 valence electrons. The van der Waals surface area contributed by atoms with Gasteiger partial charge in [0.2, 0.25) is 0 Å². The second-order valence-electron chi connectivity index (χ2n) is 5.91. The summed E-state index contributed by atoms with van der Waals surface area (Å²) < 4.78 is 5.27. The Morgan fingerprint density at radius 3 is 2.84 bits per heavy atom. The molecule has 3 rings (SSSR count). The zero-order valence-electron chi connectivity index (χ0n) is 11.2. The van der Waals surface area contributed by atoms with E-state index in [0.29, 0.717) is 28.7 Å². The van der Waals surface area contributed by atoms with Gasteiger partial charge >= 0.3 is 0 Å². The fourth-order valence-corrected chi connectivity index (χ4v) is 4.04. The van der Waals surface area contributed by atoms with Gasteiger partial charge in [0.05, 0.1) is 12.7 Å². The number of ketones is 1. The first-order chi connectivity index (χ1) is 9.17. The minimum Gasteiger partial charge on any atom is -0.496 e. The molecule has 3 unspecified atom stereocenters. The van der Waals surface area contributed by atoms with Crippen LogP contribution in [-0.2, 0) is 0 Å². The van der Waals surface area contributed by atoms with Crippen molar-refractivity contribution in [3.63, 3.8) is 0 Å². The first-order valence-corrected chi connectivity index (χ1v) is 7.42. The molecule has 0 aromatic heterocycles. The Morgan fingerprint density at radius 1 is 1.37 bits per heavy atom. The Bertz CT molecular complexity index is 498. The topological polar surface area (TPSA) is 26.3 Å². The fraction of sp³-hybridized carbons (Fsp3) is 0.562. The van der Waals surface area contributed by atoms with E-state index in [4.69, 9.17) is 16.3 Å². The minimum atomic E-state index is 0.178. The molecular formula is C16H19ClO2. The highest BCUT2D eigenvalue weighted by molar-refractivity contribution is 6.31. The molecule has 2 saturated carbocycles. The molecule has 1 aromatic carbocycles. The van der Waals surface area contributed by atoms with Crippen LogP contribution in [0.5, 0.6) is 5.75 Å². The van der Waals surface area contributed by atoms with Crippen molar-refractivity contribution in [3.05, 3.63) is 28.8 Å². The normalized spacial score (nSPS) is 28.6. The van der Waals surface area contributed by atoms with Crippen LogP contribution in [0.1, 0.15) is 42.5 Å². The van der Waals surface area contributed by atoms with E-state index in [0.717, 1.165) is 11.8 Å². The molecule has 1 aromatic rings. The van der Waals surface area contributed by atoms with Crippen molar-refractivity contribution in [2.75, 3.05) is 7.11 Å². The zero-order chi connectivity index (χ0) is 13.4. The van der Waals surface area contributed by atoms with Gasteiger partial charge in [0.25, 0.3) is 0 Å². The van der Waals surface area contributed by atoms with Crippen LogP contribution in [0.3, 0.4) is 0 Å². The van der Waals surface area contributed by atoms with Crippen LogP contribution < -0.4 is 4.74 Å². The Hall–Kier alpha value is -1.02. The number of carbonyl (C=O) groups excluding carboxylic acids is 1. The second-order valence-corrected chi connectivity index (χ2v) is 6.34. The molecule has 2 bridgehead atoms. The van der Waals surface area contributed by atoms with Crippen molar-refractivity contribution in [1.82, 2.24) is 0 Å². The van der Waals surface area contributed by atoms with Crippen molar-refractivity contribution in [3.8, 4) is 5.75 Å². The number of rotatable bonds is 4. The molecule has 19 heavy (non-hydrogen) atoms. The van der Waals surface area contributed by atoms with Crippen LogP contribution in [0, 0.1) is 17.8 Å². The van der Waals surface area contributed by atoms with Gasteiger partial charge in [0.1, 0.15) is 5.75 Å². The lowest BCUT2D eigenvalue weighted by Crippen LogP contribution is -2.15. The highest BCUT2D eigenvalue weighted by Crippen LogP contribution is 2.50. The molecule has 2 aliphatic carbocycles. The Labute approximate surface area is 119 Å². The summed E-state index contributed by atoms with van der Waals surface area (Å²) in [6, 6.07) is 5.26. The Morgan fingerprint density at radius 2 is 2.21 bits per heavy atom. The van der Waals surface area contributed by atoms with E-state index >= 15 is 0 Å². The Balaban J connectivity index is 1.75. The van der Waals surface area contributed by atoms with Crippen LogP contribution in [0.25, 0.3) is 0 Å². The van der Waals surface area contributed by atoms with Crippen LogP contribution >= 0.6 is 11.6 Å². The lowest BCUT2D eigenvalue weighted by atomic mass is 9.84. The summed E-state index contributed by atoms with van der Waals surface area (Å²) in [5.74, 6) is 3.05. The number of methoxy groups -OCH3 is 1. The number of ether oxygens (including phenoxy) is 1. The van der Waals surface area contributed by atoms with E-state index < -0.39 is 0 Å². The molecule has 2 nitrogen and oxygen atoms in total. The summed E-state index contributed by atoms with van der Waals surface area (Å²) in [5.41, 5.74) is 0.637. The summed E-state index contributed by atoms with van der Waals surface area (Å²) >= 11 is 5.99. The monoisotopic (exact) mass is 278 g/mol. The molecule has 3 atom stereocenters. The van der Waals surface area contributed by atoms with E-state index in [1.165, 1.54) is 25.7 Å². The average molecular weight is 279 g/mol. The van der Waals surface area contributed by atoms with E-state index in [2.05, 4.69) is 0 Å². The molecule has 2 aliphatic rings. The maximum atomic E-state index is 12.5. The first-order valence-electron chi connectivity index (χ1n) is 7.04. The van der Waals surface area contributed by atoms with Crippen molar-refractivity contribution in [1.29, 1.82) is 0 Å². The van der Waals surface area contributed by atoms with Crippen LogP contribution in [0.4, 0.5) is 0 Å². The number of carbonyl (C=O) groups is 1. The number of hydrogen-bond acceptors (Lipinski definition) is 2. The third kappa shape index (κ3) is 2.51. The van der Waals surface area contributed by atoms with E-state index in [9.17, 15) is 4.79 Å². The molecule has 0 saturated heterocycles. The smallest absolute Gasteiger partial charge is 0.166 e. The predicted octanol–water partition coefficient (Wildman–Crippen LogP) is 4.36. The van der Waals surface area contributed by atoms with Crippen LogP contribution in [-0.4, -0.2) is 12.9 Å². The summed E-state index contributed by atoms with van der Waals surface area (Å²) in [7, 11) is 1.59. The van der Waals surface area contributed by atoms with Gasteiger partial charge in [-0.25, -0.2) is 0 Å². The predicted molar refractivity (Wildman–Crippen MR) is 75.9 cm³/mol. The van der Waals surface area contributed by atoms with Crippen molar-refractivity contribution in [2.45, 2.75) is 32.1 Å². The lowest BCUT2D eigenvalue weighted by Gasteiger charge is -2.21. The number of fused-ring (bicyclic) bond motifs is 2. The number of benzene rings is 1. The standard InChI is InChI=1S/C16H19ClO2/c1-19-16-5-4-13(17)9-14(16)15(18)8-12-7-10-2-3-11(12)6-10/h4-5,9-12H,2-3,6-8H2,1H3. The quantitative estimate of drug-likeness (QED) is 0.765. The van der Waals surface area contributed by atoms with Crippen molar-refractivity contribution >= 4 is 17.4 Å². The van der Waals surface area contributed by atoms with E-state index in [1.54, 1.807) is 25.3 Å². The average Bonchev–Trinajstić information content (AvgIpc) is 3.01. The minimum absolute atomic E-state index is 0.178. The largest absolute Gasteiger partial charge is 0.496 e. The second kappa shape index (κ2) is 5.16. The molecule has 0 aliphatic heterocycles. The lowest BCUT2D eigenvalue weighted by molar-refractivity contribution is 0.0941. The van der Waals surface area contributed by atoms with Gasteiger partial charge in [-0.1, -0.05) is 18.0 Å². The molecule has 3 heteroatoms. The number of halogens is 1. The molecule has 0 radical (unpaired) electrons. The van der Waals surface area contributed by atoms with Gasteiger partial charge < -0.3 is 4.74 Å². The maximum absolute atomic E-state index is 12.5. The molecule has 2 fully saturated rings. The van der Waals surface area contributed by atoms with Crippen LogP contribution in [0.2, 0.25) is 5.02 Å². The third-order valence-electron chi connectivity index (χ3n) is 4.79. The molecule has 0 spiro atoms. The van der Waals surface area contributed by atoms with Gasteiger partial charge in [-0.15, -0.1) is 0 Å². The number of hydrogen-bond donors (Lipinski definition) is 0. The van der Waals surface area contributed by atoms with Crippen molar-refractivity contribution < 1.29 is 9.53 Å². The first kappa shape index (κ1) is 13.0. The highest BCUT2D eigenvalue weighted by Gasteiger charge is 2.40.